The second kappa shape index (κ2) is 5.53. The summed E-state index contributed by atoms with van der Waals surface area (Å²) in [5.41, 5.74) is 1.10. The van der Waals surface area contributed by atoms with Crippen LogP contribution in [0.2, 0.25) is 0 Å². The number of rotatable bonds is 3. The summed E-state index contributed by atoms with van der Waals surface area (Å²) in [6, 6.07) is 9.35. The first kappa shape index (κ1) is 13.7. The van der Waals surface area contributed by atoms with Gasteiger partial charge < -0.3 is 10.6 Å². The van der Waals surface area contributed by atoms with Crippen molar-refractivity contribution in [3.63, 3.8) is 0 Å². The third-order valence-corrected chi connectivity index (χ3v) is 2.36. The fourth-order valence-electron chi connectivity index (χ4n) is 1.58. The topological polar surface area (TPSA) is 86.5 Å². The van der Waals surface area contributed by atoms with Gasteiger partial charge in [-0.25, -0.2) is 0 Å². The molecule has 0 amide bonds. The van der Waals surface area contributed by atoms with Crippen LogP contribution in [0.25, 0.3) is 0 Å². The molecule has 1 aromatic heterocycles. The quantitative estimate of drug-likeness (QED) is 0.890. The zero-order valence-corrected chi connectivity index (χ0v) is 11.7. The first-order chi connectivity index (χ1) is 9.48. The number of aromatic nitrogens is 3. The van der Waals surface area contributed by atoms with Crippen molar-refractivity contribution in [2.75, 3.05) is 10.6 Å². The van der Waals surface area contributed by atoms with Gasteiger partial charge in [-0.15, -0.1) is 5.10 Å². The van der Waals surface area contributed by atoms with Crippen LogP contribution in [0, 0.1) is 11.3 Å². The van der Waals surface area contributed by atoms with Crippen LogP contribution in [0.4, 0.5) is 17.5 Å². The van der Waals surface area contributed by atoms with Crippen molar-refractivity contribution >= 4 is 17.5 Å². The number of nitrogens with one attached hydrogen (secondary N) is 2. The molecule has 0 aliphatic rings. The highest BCUT2D eigenvalue weighted by Gasteiger charge is 2.12. The van der Waals surface area contributed by atoms with Crippen molar-refractivity contribution < 1.29 is 0 Å². The number of hydrogen-bond acceptors (Lipinski definition) is 6. The normalized spacial score (nSPS) is 10.7. The molecule has 0 radical (unpaired) electrons. The molecular formula is C14H16N6. The molecular weight excluding hydrogens is 252 g/mol. The maximum absolute atomic E-state index is 9.05. The summed E-state index contributed by atoms with van der Waals surface area (Å²) in [6.45, 7) is 6.05. The predicted octanol–water partition coefficient (Wildman–Crippen LogP) is 2.70. The van der Waals surface area contributed by atoms with Gasteiger partial charge in [-0.3, -0.25) is 0 Å². The summed E-state index contributed by atoms with van der Waals surface area (Å²) >= 11 is 0. The summed E-state index contributed by atoms with van der Waals surface area (Å²) in [6.07, 6.45) is 1.52. The molecule has 0 saturated heterocycles. The van der Waals surface area contributed by atoms with Gasteiger partial charge in [0.15, 0.2) is 5.82 Å². The van der Waals surface area contributed by atoms with E-state index in [1.807, 2.05) is 39.0 Å². The van der Waals surface area contributed by atoms with E-state index in [1.165, 1.54) is 6.20 Å². The first-order valence-electron chi connectivity index (χ1n) is 6.22. The van der Waals surface area contributed by atoms with Gasteiger partial charge in [-0.05, 0) is 32.9 Å². The van der Waals surface area contributed by atoms with Gasteiger partial charge in [0.2, 0.25) is 5.95 Å². The molecule has 0 spiro atoms. The summed E-state index contributed by atoms with van der Waals surface area (Å²) in [7, 11) is 0. The number of benzene rings is 1. The molecule has 0 unspecified atom stereocenters. The maximum atomic E-state index is 9.05. The molecule has 2 N–H and O–H groups in total. The molecule has 0 aliphatic carbocycles. The van der Waals surface area contributed by atoms with E-state index in [9.17, 15) is 0 Å². The summed E-state index contributed by atoms with van der Waals surface area (Å²) in [5.74, 6) is 0.978. The highest BCUT2D eigenvalue weighted by molar-refractivity contribution is 5.64. The van der Waals surface area contributed by atoms with E-state index in [0.29, 0.717) is 23.0 Å². The van der Waals surface area contributed by atoms with Crippen molar-refractivity contribution in [1.82, 2.24) is 15.2 Å². The number of para-hydroxylation sites is 1. The average Bonchev–Trinajstić information content (AvgIpc) is 2.38. The predicted molar refractivity (Wildman–Crippen MR) is 77.6 cm³/mol. The summed E-state index contributed by atoms with van der Waals surface area (Å²) in [5, 5.41) is 23.1. The molecule has 0 aliphatic heterocycles. The van der Waals surface area contributed by atoms with E-state index < -0.39 is 0 Å². The third-order valence-electron chi connectivity index (χ3n) is 2.36. The highest BCUT2D eigenvalue weighted by atomic mass is 15.3. The van der Waals surface area contributed by atoms with E-state index in [2.05, 4.69) is 31.9 Å². The Hall–Kier alpha value is -2.68. The van der Waals surface area contributed by atoms with Crippen molar-refractivity contribution in [2.24, 2.45) is 0 Å². The van der Waals surface area contributed by atoms with Crippen LogP contribution in [0.15, 0.2) is 30.5 Å². The Morgan fingerprint density at radius 2 is 1.95 bits per heavy atom. The van der Waals surface area contributed by atoms with E-state index in [-0.39, 0.29) is 5.54 Å². The molecule has 0 saturated carbocycles. The number of nitrogens with zero attached hydrogens (tertiary/aromatic N) is 4. The zero-order valence-electron chi connectivity index (χ0n) is 11.7. The number of anilines is 3. The van der Waals surface area contributed by atoms with Gasteiger partial charge in [0.05, 0.1) is 17.4 Å². The van der Waals surface area contributed by atoms with E-state index in [0.717, 1.165) is 0 Å². The van der Waals surface area contributed by atoms with E-state index in [1.54, 1.807) is 6.07 Å². The van der Waals surface area contributed by atoms with Crippen molar-refractivity contribution in [2.45, 2.75) is 26.3 Å². The summed E-state index contributed by atoms with van der Waals surface area (Å²) < 4.78 is 0. The zero-order chi connectivity index (χ0) is 14.6. The molecule has 0 atom stereocenters. The smallest absolute Gasteiger partial charge is 0.245 e. The second-order valence-electron chi connectivity index (χ2n) is 5.32. The van der Waals surface area contributed by atoms with Crippen LogP contribution in [0.5, 0.6) is 0 Å². The first-order valence-corrected chi connectivity index (χ1v) is 6.22. The third kappa shape index (κ3) is 3.65. The Balaban J connectivity index is 2.22. The van der Waals surface area contributed by atoms with Crippen LogP contribution in [0.1, 0.15) is 26.3 Å². The minimum absolute atomic E-state index is 0.148. The molecule has 102 valence electrons. The molecule has 6 heteroatoms. The number of nitriles is 1. The van der Waals surface area contributed by atoms with Crippen LogP contribution in [-0.4, -0.2) is 20.7 Å². The molecule has 0 bridgehead atoms. The molecule has 1 aromatic carbocycles. The lowest BCUT2D eigenvalue weighted by molar-refractivity contribution is 0.623. The van der Waals surface area contributed by atoms with Crippen LogP contribution < -0.4 is 10.6 Å². The Morgan fingerprint density at radius 3 is 2.65 bits per heavy atom. The molecule has 6 nitrogen and oxygen atoms in total. The molecule has 2 rings (SSSR count). The molecule has 0 fully saturated rings. The highest BCUT2D eigenvalue weighted by Crippen LogP contribution is 2.19. The van der Waals surface area contributed by atoms with Gasteiger partial charge >= 0.3 is 0 Å². The standard InChI is InChI=1S/C14H16N6/c1-14(2,3)19-13-18-12(9-16-20-13)17-11-7-5-4-6-10(11)8-15/h4-7,9H,1-3H3,(H2,17,18,19,20). The van der Waals surface area contributed by atoms with Crippen molar-refractivity contribution in [3.05, 3.63) is 36.0 Å². The van der Waals surface area contributed by atoms with E-state index in [4.69, 9.17) is 5.26 Å². The SMILES string of the molecule is CC(C)(C)Nc1nncc(Nc2ccccc2C#N)n1. The van der Waals surface area contributed by atoms with Crippen LogP contribution in [0.3, 0.4) is 0 Å². The Bertz CT molecular complexity index is 639. The van der Waals surface area contributed by atoms with Crippen molar-refractivity contribution in [3.8, 4) is 6.07 Å². The van der Waals surface area contributed by atoms with Gasteiger partial charge in [0, 0.05) is 5.54 Å². The lowest BCUT2D eigenvalue weighted by Gasteiger charge is -2.20. The minimum Gasteiger partial charge on any atom is -0.348 e. The average molecular weight is 268 g/mol. The van der Waals surface area contributed by atoms with E-state index >= 15 is 0 Å². The molecule has 20 heavy (non-hydrogen) atoms. The number of hydrogen-bond donors (Lipinski definition) is 2. The Morgan fingerprint density at radius 1 is 1.20 bits per heavy atom. The minimum atomic E-state index is -0.148. The monoisotopic (exact) mass is 268 g/mol. The van der Waals surface area contributed by atoms with Gasteiger partial charge in [0.1, 0.15) is 6.07 Å². The van der Waals surface area contributed by atoms with Gasteiger partial charge in [0.25, 0.3) is 0 Å². The fourth-order valence-corrected chi connectivity index (χ4v) is 1.58. The Labute approximate surface area is 117 Å². The largest absolute Gasteiger partial charge is 0.348 e. The molecule has 1 heterocycles. The molecule has 2 aromatic rings. The van der Waals surface area contributed by atoms with Gasteiger partial charge in [-0.2, -0.15) is 15.3 Å². The maximum Gasteiger partial charge on any atom is 0.245 e. The summed E-state index contributed by atoms with van der Waals surface area (Å²) in [4.78, 5) is 4.32. The fraction of sp³-hybridized carbons (Fsp3) is 0.286. The lowest BCUT2D eigenvalue weighted by atomic mass is 10.1. The lowest BCUT2D eigenvalue weighted by Crippen LogP contribution is -2.27. The van der Waals surface area contributed by atoms with Gasteiger partial charge in [-0.1, -0.05) is 12.1 Å². The van der Waals surface area contributed by atoms with Crippen molar-refractivity contribution in [1.29, 1.82) is 5.26 Å². The second-order valence-corrected chi connectivity index (χ2v) is 5.32. The Kier molecular flexibility index (Phi) is 3.80. The van der Waals surface area contributed by atoms with Crippen LogP contribution in [-0.2, 0) is 0 Å². The van der Waals surface area contributed by atoms with Crippen LogP contribution >= 0.6 is 0 Å².